The number of hydrogen-bond acceptors (Lipinski definition) is 3. The van der Waals surface area contributed by atoms with Crippen LogP contribution in [-0.2, 0) is 6.42 Å². The summed E-state index contributed by atoms with van der Waals surface area (Å²) in [5.41, 5.74) is 2.71. The van der Waals surface area contributed by atoms with Crippen molar-refractivity contribution in [1.29, 1.82) is 0 Å². The first-order valence-corrected chi connectivity index (χ1v) is 6.89. The Labute approximate surface area is 119 Å². The third-order valence-corrected chi connectivity index (χ3v) is 3.11. The lowest BCUT2D eigenvalue weighted by Gasteiger charge is -2.05. The van der Waals surface area contributed by atoms with Crippen molar-refractivity contribution in [3.05, 3.63) is 52.9 Å². The second-order valence-electron chi connectivity index (χ2n) is 4.60. The van der Waals surface area contributed by atoms with Gasteiger partial charge in [-0.3, -0.25) is 4.98 Å². The maximum atomic E-state index is 5.76. The molecule has 100 valence electrons. The van der Waals surface area contributed by atoms with Gasteiger partial charge < -0.3 is 5.32 Å². The van der Waals surface area contributed by atoms with E-state index in [9.17, 15) is 0 Å². The minimum absolute atomic E-state index is 0.421. The molecule has 0 amide bonds. The van der Waals surface area contributed by atoms with Crippen molar-refractivity contribution in [3.8, 4) is 0 Å². The number of nitrogens with zero attached hydrogens (tertiary/aromatic N) is 2. The molecule has 0 radical (unpaired) electrons. The van der Waals surface area contributed by atoms with Crippen molar-refractivity contribution in [2.45, 2.75) is 26.2 Å². The first kappa shape index (κ1) is 13.8. The third kappa shape index (κ3) is 4.87. The van der Waals surface area contributed by atoms with E-state index in [1.807, 2.05) is 0 Å². The van der Waals surface area contributed by atoms with Gasteiger partial charge in [0.15, 0.2) is 0 Å². The molecule has 2 aromatic rings. The molecule has 1 aromatic heterocycles. The number of aromatic nitrogens is 2. The molecule has 1 N–H and O–H groups in total. The highest BCUT2D eigenvalue weighted by atomic mass is 35.5. The molecule has 0 saturated heterocycles. The van der Waals surface area contributed by atoms with Crippen LogP contribution >= 0.6 is 11.6 Å². The Morgan fingerprint density at radius 2 is 1.89 bits per heavy atom. The standard InChI is InChI=1S/C15H18ClN3/c1-12-5-7-13(8-6-12)4-2-3-9-18-15-11-17-10-14(16)19-15/h5-8,10-11H,2-4,9H2,1H3,(H,18,19). The van der Waals surface area contributed by atoms with Crippen LogP contribution in [0.15, 0.2) is 36.7 Å². The molecule has 0 saturated carbocycles. The molecule has 0 aliphatic heterocycles. The van der Waals surface area contributed by atoms with Crippen molar-refractivity contribution in [1.82, 2.24) is 9.97 Å². The molecule has 0 aliphatic carbocycles. The number of nitrogens with one attached hydrogen (secondary N) is 1. The van der Waals surface area contributed by atoms with Gasteiger partial charge in [0.1, 0.15) is 11.0 Å². The summed E-state index contributed by atoms with van der Waals surface area (Å²) in [5.74, 6) is 0.739. The molecule has 0 atom stereocenters. The maximum Gasteiger partial charge on any atom is 0.149 e. The molecule has 2 rings (SSSR count). The topological polar surface area (TPSA) is 37.8 Å². The van der Waals surface area contributed by atoms with Crippen LogP contribution in [-0.4, -0.2) is 16.5 Å². The number of rotatable bonds is 6. The number of benzene rings is 1. The average molecular weight is 276 g/mol. The van der Waals surface area contributed by atoms with Crippen LogP contribution in [0.5, 0.6) is 0 Å². The van der Waals surface area contributed by atoms with Crippen molar-refractivity contribution in [2.75, 3.05) is 11.9 Å². The third-order valence-electron chi connectivity index (χ3n) is 2.92. The lowest BCUT2D eigenvalue weighted by Crippen LogP contribution is -2.04. The Balaban J connectivity index is 1.66. The molecule has 3 nitrogen and oxygen atoms in total. The lowest BCUT2D eigenvalue weighted by atomic mass is 10.1. The fourth-order valence-corrected chi connectivity index (χ4v) is 2.00. The van der Waals surface area contributed by atoms with E-state index in [-0.39, 0.29) is 0 Å². The Kier molecular flexibility index (Phi) is 5.16. The SMILES string of the molecule is Cc1ccc(CCCCNc2cncc(Cl)n2)cc1. The molecule has 0 bridgehead atoms. The Bertz CT molecular complexity index is 511. The molecular weight excluding hydrogens is 258 g/mol. The minimum Gasteiger partial charge on any atom is -0.369 e. The predicted molar refractivity (Wildman–Crippen MR) is 79.6 cm³/mol. The molecule has 1 aromatic carbocycles. The minimum atomic E-state index is 0.421. The Morgan fingerprint density at radius 3 is 2.63 bits per heavy atom. The first-order valence-electron chi connectivity index (χ1n) is 6.51. The summed E-state index contributed by atoms with van der Waals surface area (Å²) in [7, 11) is 0. The van der Waals surface area contributed by atoms with Gasteiger partial charge in [0.2, 0.25) is 0 Å². The average Bonchev–Trinajstić information content (AvgIpc) is 2.41. The van der Waals surface area contributed by atoms with Crippen LogP contribution in [0.3, 0.4) is 0 Å². The van der Waals surface area contributed by atoms with Crippen LogP contribution in [0.2, 0.25) is 5.15 Å². The zero-order valence-corrected chi connectivity index (χ0v) is 11.8. The van der Waals surface area contributed by atoms with E-state index in [0.29, 0.717) is 5.15 Å². The van der Waals surface area contributed by atoms with Gasteiger partial charge in [-0.1, -0.05) is 41.4 Å². The van der Waals surface area contributed by atoms with Crippen molar-refractivity contribution < 1.29 is 0 Å². The second kappa shape index (κ2) is 7.10. The van der Waals surface area contributed by atoms with Gasteiger partial charge >= 0.3 is 0 Å². The van der Waals surface area contributed by atoms with E-state index in [4.69, 9.17) is 11.6 Å². The predicted octanol–water partition coefficient (Wildman–Crippen LogP) is 3.87. The first-order chi connectivity index (χ1) is 9.24. The number of aryl methyl sites for hydroxylation is 2. The van der Waals surface area contributed by atoms with Crippen LogP contribution in [0.25, 0.3) is 0 Å². The lowest BCUT2D eigenvalue weighted by molar-refractivity contribution is 0.761. The summed E-state index contributed by atoms with van der Waals surface area (Å²) in [6.07, 6.45) is 6.59. The molecule has 0 aliphatic rings. The highest BCUT2D eigenvalue weighted by Crippen LogP contribution is 2.09. The van der Waals surface area contributed by atoms with E-state index < -0.39 is 0 Å². The molecule has 19 heavy (non-hydrogen) atoms. The summed E-state index contributed by atoms with van der Waals surface area (Å²) in [5, 5.41) is 3.64. The number of anilines is 1. The summed E-state index contributed by atoms with van der Waals surface area (Å²) in [4.78, 5) is 8.11. The summed E-state index contributed by atoms with van der Waals surface area (Å²) < 4.78 is 0. The van der Waals surface area contributed by atoms with Crippen LogP contribution in [0, 0.1) is 6.92 Å². The van der Waals surface area contributed by atoms with Gasteiger partial charge in [0.25, 0.3) is 0 Å². The van der Waals surface area contributed by atoms with Crippen molar-refractivity contribution in [2.24, 2.45) is 0 Å². The molecule has 1 heterocycles. The van der Waals surface area contributed by atoms with Crippen LogP contribution in [0.1, 0.15) is 24.0 Å². The van der Waals surface area contributed by atoms with Crippen LogP contribution in [0.4, 0.5) is 5.82 Å². The number of unbranched alkanes of at least 4 members (excludes halogenated alkanes) is 1. The Morgan fingerprint density at radius 1 is 1.11 bits per heavy atom. The zero-order valence-electron chi connectivity index (χ0n) is 11.1. The summed E-state index contributed by atoms with van der Waals surface area (Å²) >= 11 is 5.76. The van der Waals surface area contributed by atoms with E-state index in [2.05, 4.69) is 46.5 Å². The molecule has 4 heteroatoms. The molecule has 0 unspecified atom stereocenters. The maximum absolute atomic E-state index is 5.76. The zero-order chi connectivity index (χ0) is 13.5. The van der Waals surface area contributed by atoms with Gasteiger partial charge in [-0.25, -0.2) is 4.98 Å². The fourth-order valence-electron chi connectivity index (χ4n) is 1.85. The highest BCUT2D eigenvalue weighted by Gasteiger charge is 1.96. The van der Waals surface area contributed by atoms with E-state index >= 15 is 0 Å². The van der Waals surface area contributed by atoms with E-state index in [1.54, 1.807) is 6.20 Å². The van der Waals surface area contributed by atoms with Crippen LogP contribution < -0.4 is 5.32 Å². The van der Waals surface area contributed by atoms with Crippen molar-refractivity contribution >= 4 is 17.4 Å². The smallest absolute Gasteiger partial charge is 0.149 e. The van der Waals surface area contributed by atoms with Gasteiger partial charge in [0, 0.05) is 6.54 Å². The second-order valence-corrected chi connectivity index (χ2v) is 4.98. The number of halogens is 1. The van der Waals surface area contributed by atoms with Gasteiger partial charge in [0.05, 0.1) is 12.4 Å². The van der Waals surface area contributed by atoms with Gasteiger partial charge in [-0.2, -0.15) is 0 Å². The van der Waals surface area contributed by atoms with E-state index in [1.165, 1.54) is 17.3 Å². The highest BCUT2D eigenvalue weighted by molar-refractivity contribution is 6.29. The summed E-state index contributed by atoms with van der Waals surface area (Å²) in [6.45, 7) is 3.00. The van der Waals surface area contributed by atoms with Gasteiger partial charge in [-0.15, -0.1) is 0 Å². The molecule has 0 spiro atoms. The number of hydrogen-bond donors (Lipinski definition) is 1. The normalized spacial score (nSPS) is 10.4. The summed E-state index contributed by atoms with van der Waals surface area (Å²) in [6, 6.07) is 8.72. The largest absolute Gasteiger partial charge is 0.369 e. The molecular formula is C15H18ClN3. The quantitative estimate of drug-likeness (QED) is 0.813. The fraction of sp³-hybridized carbons (Fsp3) is 0.333. The van der Waals surface area contributed by atoms with E-state index in [0.717, 1.165) is 31.6 Å². The van der Waals surface area contributed by atoms with Gasteiger partial charge in [-0.05, 0) is 31.7 Å². The molecule has 0 fully saturated rings. The monoisotopic (exact) mass is 275 g/mol. The Hall–Kier alpha value is -1.61. The van der Waals surface area contributed by atoms with Crippen molar-refractivity contribution in [3.63, 3.8) is 0 Å².